The van der Waals surface area contributed by atoms with E-state index in [1.165, 1.54) is 4.31 Å². The predicted molar refractivity (Wildman–Crippen MR) is 102 cm³/mol. The number of benzene rings is 2. The fraction of sp³-hybridized carbons (Fsp3) is 0.250. The van der Waals surface area contributed by atoms with Gasteiger partial charge < -0.3 is 4.42 Å². The lowest BCUT2D eigenvalue weighted by Gasteiger charge is -2.33. The predicted octanol–water partition coefficient (Wildman–Crippen LogP) is 3.13. The topological polar surface area (TPSA) is 66.7 Å². The summed E-state index contributed by atoms with van der Waals surface area (Å²) in [6.45, 7) is 1.91. The third-order valence-electron chi connectivity index (χ3n) is 4.83. The molecule has 1 aliphatic rings. The van der Waals surface area contributed by atoms with Crippen LogP contribution in [-0.2, 0) is 16.6 Å². The molecule has 0 spiro atoms. The van der Waals surface area contributed by atoms with Crippen molar-refractivity contribution in [3.63, 3.8) is 0 Å². The highest BCUT2D eigenvalue weighted by atomic mass is 32.2. The third kappa shape index (κ3) is 4.21. The lowest BCUT2D eigenvalue weighted by molar-refractivity contribution is 0.168. The van der Waals surface area contributed by atoms with Crippen LogP contribution >= 0.6 is 0 Å². The Morgan fingerprint density at radius 2 is 1.69 bits per heavy atom. The van der Waals surface area contributed by atoms with E-state index in [0.29, 0.717) is 31.3 Å². The number of oxazole rings is 1. The quantitative estimate of drug-likeness (QED) is 0.636. The molecule has 0 amide bonds. The van der Waals surface area contributed by atoms with Gasteiger partial charge in [-0.2, -0.15) is 4.31 Å². The van der Waals surface area contributed by atoms with Gasteiger partial charge in [0.2, 0.25) is 15.9 Å². The molecular weight excluding hydrogens is 400 g/mol. The van der Waals surface area contributed by atoms with E-state index in [4.69, 9.17) is 4.42 Å². The minimum Gasteiger partial charge on any atom is -0.439 e. The highest BCUT2D eigenvalue weighted by Crippen LogP contribution is 2.22. The summed E-state index contributed by atoms with van der Waals surface area (Å²) in [7, 11) is -3.87. The van der Waals surface area contributed by atoms with Gasteiger partial charge in [0.05, 0.1) is 17.6 Å². The molecule has 0 N–H and O–H groups in total. The molecule has 1 saturated heterocycles. The number of nitrogens with zero attached hydrogens (tertiary/aromatic N) is 3. The highest BCUT2D eigenvalue weighted by molar-refractivity contribution is 7.89. The van der Waals surface area contributed by atoms with E-state index < -0.39 is 21.7 Å². The molecule has 2 heterocycles. The summed E-state index contributed by atoms with van der Waals surface area (Å²) >= 11 is 0. The molecule has 4 rings (SSSR count). The Bertz CT molecular complexity index is 1100. The fourth-order valence-corrected chi connectivity index (χ4v) is 4.66. The molecule has 0 bridgehead atoms. The first-order chi connectivity index (χ1) is 13.9. The molecule has 1 aliphatic heterocycles. The highest BCUT2D eigenvalue weighted by Gasteiger charge is 2.29. The maximum Gasteiger partial charge on any atom is 0.243 e. The molecule has 0 radical (unpaired) electrons. The van der Waals surface area contributed by atoms with E-state index in [0.717, 1.165) is 23.8 Å². The summed E-state index contributed by atoms with van der Waals surface area (Å²) in [5, 5.41) is 0. The zero-order chi connectivity index (χ0) is 20.4. The fourth-order valence-electron chi connectivity index (χ4n) is 3.22. The number of hydrogen-bond acceptors (Lipinski definition) is 5. The van der Waals surface area contributed by atoms with Gasteiger partial charge in [-0.15, -0.1) is 0 Å². The van der Waals surface area contributed by atoms with E-state index in [-0.39, 0.29) is 18.0 Å². The van der Waals surface area contributed by atoms with Gasteiger partial charge in [-0.1, -0.05) is 30.3 Å². The summed E-state index contributed by atoms with van der Waals surface area (Å²) in [5.74, 6) is -1.02. The van der Waals surface area contributed by atoms with Crippen LogP contribution < -0.4 is 0 Å². The third-order valence-corrected chi connectivity index (χ3v) is 6.73. The molecule has 0 aliphatic carbocycles. The SMILES string of the molecule is O=S(=O)(c1ccc(F)c(F)c1)N1CCN(Cc2ncc(-c3ccccc3)o2)CC1. The Labute approximate surface area is 167 Å². The first kappa shape index (κ1) is 19.7. The van der Waals surface area contributed by atoms with Crippen molar-refractivity contribution in [2.24, 2.45) is 0 Å². The minimum absolute atomic E-state index is 0.244. The molecule has 2 aromatic carbocycles. The van der Waals surface area contributed by atoms with Crippen molar-refractivity contribution in [2.75, 3.05) is 26.2 Å². The number of hydrogen-bond donors (Lipinski definition) is 0. The molecule has 3 aromatic rings. The van der Waals surface area contributed by atoms with Crippen molar-refractivity contribution in [1.29, 1.82) is 0 Å². The van der Waals surface area contributed by atoms with Gasteiger partial charge in [-0.3, -0.25) is 4.90 Å². The second-order valence-electron chi connectivity index (χ2n) is 6.74. The van der Waals surface area contributed by atoms with Gasteiger partial charge >= 0.3 is 0 Å². The lowest BCUT2D eigenvalue weighted by Crippen LogP contribution is -2.48. The smallest absolute Gasteiger partial charge is 0.243 e. The van der Waals surface area contributed by atoms with Crippen LogP contribution in [0.2, 0.25) is 0 Å². The number of aromatic nitrogens is 1. The Morgan fingerprint density at radius 3 is 2.38 bits per heavy atom. The van der Waals surface area contributed by atoms with E-state index >= 15 is 0 Å². The maximum atomic E-state index is 13.4. The average Bonchev–Trinajstić information content (AvgIpc) is 3.19. The molecular formula is C20H19F2N3O3S. The van der Waals surface area contributed by atoms with Gasteiger partial charge in [0.25, 0.3) is 0 Å². The van der Waals surface area contributed by atoms with Crippen molar-refractivity contribution >= 4 is 10.0 Å². The van der Waals surface area contributed by atoms with Crippen molar-refractivity contribution in [1.82, 2.24) is 14.2 Å². The van der Waals surface area contributed by atoms with Crippen LogP contribution in [0.5, 0.6) is 0 Å². The van der Waals surface area contributed by atoms with Crippen molar-refractivity contribution < 1.29 is 21.6 Å². The Kier molecular flexibility index (Phi) is 5.44. The summed E-state index contributed by atoms with van der Waals surface area (Å²) in [4.78, 5) is 6.10. The zero-order valence-corrected chi connectivity index (χ0v) is 16.3. The molecule has 0 saturated carbocycles. The van der Waals surface area contributed by atoms with Crippen molar-refractivity contribution in [2.45, 2.75) is 11.4 Å². The summed E-state index contributed by atoms with van der Waals surface area (Å²) in [6, 6.07) is 12.3. The van der Waals surface area contributed by atoms with Gasteiger partial charge in [-0.25, -0.2) is 22.2 Å². The molecule has 0 unspecified atom stereocenters. The van der Waals surface area contributed by atoms with Crippen LogP contribution in [0.4, 0.5) is 8.78 Å². The number of sulfonamides is 1. The normalized spacial score (nSPS) is 16.2. The molecule has 9 heteroatoms. The van der Waals surface area contributed by atoms with Gasteiger partial charge in [0.15, 0.2) is 17.4 Å². The lowest BCUT2D eigenvalue weighted by atomic mass is 10.2. The van der Waals surface area contributed by atoms with Gasteiger partial charge in [0, 0.05) is 31.7 Å². The molecule has 1 aromatic heterocycles. The Balaban J connectivity index is 1.38. The van der Waals surface area contributed by atoms with Crippen LogP contribution in [0.15, 0.2) is 64.0 Å². The van der Waals surface area contributed by atoms with Crippen LogP contribution in [-0.4, -0.2) is 48.8 Å². The van der Waals surface area contributed by atoms with Crippen LogP contribution in [0.3, 0.4) is 0 Å². The molecule has 1 fully saturated rings. The molecule has 0 atom stereocenters. The monoisotopic (exact) mass is 419 g/mol. The van der Waals surface area contributed by atoms with E-state index in [2.05, 4.69) is 4.98 Å². The first-order valence-corrected chi connectivity index (χ1v) is 10.6. The maximum absolute atomic E-state index is 13.4. The molecule has 6 nitrogen and oxygen atoms in total. The second-order valence-corrected chi connectivity index (χ2v) is 8.68. The van der Waals surface area contributed by atoms with Gasteiger partial charge in [-0.05, 0) is 18.2 Å². The van der Waals surface area contributed by atoms with Gasteiger partial charge in [0.1, 0.15) is 0 Å². The van der Waals surface area contributed by atoms with Crippen LogP contribution in [0.25, 0.3) is 11.3 Å². The summed E-state index contributed by atoms with van der Waals surface area (Å²) in [6.07, 6.45) is 1.68. The zero-order valence-electron chi connectivity index (χ0n) is 15.5. The first-order valence-electron chi connectivity index (χ1n) is 9.11. The van der Waals surface area contributed by atoms with Crippen LogP contribution in [0.1, 0.15) is 5.89 Å². The van der Waals surface area contributed by atoms with Crippen molar-refractivity contribution in [3.8, 4) is 11.3 Å². The van der Waals surface area contributed by atoms with E-state index in [1.54, 1.807) is 6.20 Å². The Morgan fingerprint density at radius 1 is 0.966 bits per heavy atom. The number of halogens is 2. The van der Waals surface area contributed by atoms with Crippen LogP contribution in [0, 0.1) is 11.6 Å². The minimum atomic E-state index is -3.87. The number of rotatable bonds is 5. The Hall–Kier alpha value is -2.62. The average molecular weight is 419 g/mol. The van der Waals surface area contributed by atoms with E-state index in [1.807, 2.05) is 35.2 Å². The summed E-state index contributed by atoms with van der Waals surface area (Å²) < 4.78 is 58.9. The largest absolute Gasteiger partial charge is 0.439 e. The molecule has 29 heavy (non-hydrogen) atoms. The summed E-state index contributed by atoms with van der Waals surface area (Å²) in [5.41, 5.74) is 0.939. The van der Waals surface area contributed by atoms with Crippen molar-refractivity contribution in [3.05, 3.63) is 72.3 Å². The number of piperazine rings is 1. The van der Waals surface area contributed by atoms with E-state index in [9.17, 15) is 17.2 Å². The standard InChI is InChI=1S/C20H19F2N3O3S/c21-17-7-6-16(12-18(17)22)29(26,27)25-10-8-24(9-11-25)14-20-23-13-19(28-20)15-4-2-1-3-5-15/h1-7,12-13H,8-11,14H2. The second kappa shape index (κ2) is 8.02. The molecule has 152 valence electrons.